The van der Waals surface area contributed by atoms with Crippen LogP contribution in [-0.2, 0) is 0 Å². The molecule has 4 nitrogen and oxygen atoms in total. The number of amides is 1. The van der Waals surface area contributed by atoms with Gasteiger partial charge in [0.25, 0.3) is 5.91 Å². The van der Waals surface area contributed by atoms with Gasteiger partial charge in [-0.2, -0.15) is 0 Å². The van der Waals surface area contributed by atoms with Crippen LogP contribution in [0.3, 0.4) is 0 Å². The third-order valence-electron chi connectivity index (χ3n) is 2.72. The van der Waals surface area contributed by atoms with Crippen molar-refractivity contribution in [3.63, 3.8) is 0 Å². The third-order valence-corrected chi connectivity index (χ3v) is 2.72. The van der Waals surface area contributed by atoms with Crippen molar-refractivity contribution in [1.82, 2.24) is 10.3 Å². The second-order valence-corrected chi connectivity index (χ2v) is 4.50. The van der Waals surface area contributed by atoms with Gasteiger partial charge in [-0.3, -0.25) is 9.78 Å². The molecule has 0 fully saturated rings. The largest absolute Gasteiger partial charge is 0.392 e. The number of nitrogens with zero attached hydrogens (tertiary/aromatic N) is 1. The molecule has 20 heavy (non-hydrogen) atoms. The van der Waals surface area contributed by atoms with Gasteiger partial charge in [0.2, 0.25) is 0 Å². The van der Waals surface area contributed by atoms with E-state index in [1.165, 1.54) is 18.3 Å². The molecule has 1 amide bonds. The van der Waals surface area contributed by atoms with Crippen LogP contribution in [-0.4, -0.2) is 28.6 Å². The van der Waals surface area contributed by atoms with E-state index >= 15 is 0 Å². The van der Waals surface area contributed by atoms with E-state index in [1.807, 2.05) is 0 Å². The summed E-state index contributed by atoms with van der Waals surface area (Å²) in [6, 6.07) is 9.32. The Bertz CT molecular complexity index is 580. The number of halogens is 1. The zero-order chi connectivity index (χ0) is 14.5. The standard InChI is InChI=1S/C15H15FN2O2/c1-10(19)8-18-15(20)12-4-7-14(17-9-12)11-2-5-13(16)6-3-11/h2-7,9-10,19H,8H2,1H3,(H,18,20). The molecule has 0 aliphatic heterocycles. The lowest BCUT2D eigenvalue weighted by molar-refractivity contribution is 0.0923. The molecular formula is C15H15FN2O2. The molecule has 1 aromatic carbocycles. The molecule has 2 rings (SSSR count). The lowest BCUT2D eigenvalue weighted by Crippen LogP contribution is -2.30. The number of aliphatic hydroxyl groups excluding tert-OH is 1. The average Bonchev–Trinajstić information content (AvgIpc) is 2.46. The van der Waals surface area contributed by atoms with Crippen LogP contribution in [0, 0.1) is 5.82 Å². The summed E-state index contributed by atoms with van der Waals surface area (Å²) in [7, 11) is 0. The van der Waals surface area contributed by atoms with Gasteiger partial charge in [-0.1, -0.05) is 0 Å². The second-order valence-electron chi connectivity index (χ2n) is 4.50. The number of rotatable bonds is 4. The summed E-state index contributed by atoms with van der Waals surface area (Å²) >= 11 is 0. The van der Waals surface area contributed by atoms with Gasteiger partial charge in [0, 0.05) is 18.3 Å². The van der Waals surface area contributed by atoms with Crippen LogP contribution in [0.4, 0.5) is 4.39 Å². The maximum atomic E-state index is 12.8. The van der Waals surface area contributed by atoms with Gasteiger partial charge in [-0.15, -0.1) is 0 Å². The summed E-state index contributed by atoms with van der Waals surface area (Å²) in [5.41, 5.74) is 1.86. The predicted molar refractivity (Wildman–Crippen MR) is 73.6 cm³/mol. The number of benzene rings is 1. The summed E-state index contributed by atoms with van der Waals surface area (Å²) in [6.07, 6.45) is 0.862. The first kappa shape index (κ1) is 14.1. The highest BCUT2D eigenvalue weighted by Gasteiger charge is 2.07. The van der Waals surface area contributed by atoms with Crippen molar-refractivity contribution < 1.29 is 14.3 Å². The number of carbonyl (C=O) groups excluding carboxylic acids is 1. The zero-order valence-corrected chi connectivity index (χ0v) is 11.0. The minimum absolute atomic E-state index is 0.193. The first-order valence-electron chi connectivity index (χ1n) is 6.24. The lowest BCUT2D eigenvalue weighted by atomic mass is 10.1. The van der Waals surface area contributed by atoms with Gasteiger partial charge in [0.05, 0.1) is 17.4 Å². The quantitative estimate of drug-likeness (QED) is 0.896. The maximum absolute atomic E-state index is 12.8. The fourth-order valence-corrected chi connectivity index (χ4v) is 1.66. The van der Waals surface area contributed by atoms with Crippen molar-refractivity contribution in [2.45, 2.75) is 13.0 Å². The molecule has 1 aromatic heterocycles. The number of hydrogen-bond donors (Lipinski definition) is 2. The molecule has 0 spiro atoms. The summed E-state index contributed by atoms with van der Waals surface area (Å²) in [5, 5.41) is 11.7. The molecule has 1 unspecified atom stereocenters. The van der Waals surface area contributed by atoms with E-state index in [0.29, 0.717) is 11.3 Å². The van der Waals surface area contributed by atoms with E-state index in [9.17, 15) is 9.18 Å². The van der Waals surface area contributed by atoms with Gasteiger partial charge in [-0.05, 0) is 43.3 Å². The Labute approximate surface area is 116 Å². The van der Waals surface area contributed by atoms with Crippen LogP contribution in [0.2, 0.25) is 0 Å². The number of hydrogen-bond acceptors (Lipinski definition) is 3. The van der Waals surface area contributed by atoms with Crippen LogP contribution in [0.15, 0.2) is 42.6 Å². The molecule has 104 valence electrons. The molecule has 0 saturated carbocycles. The van der Waals surface area contributed by atoms with E-state index in [-0.39, 0.29) is 18.3 Å². The van der Waals surface area contributed by atoms with Gasteiger partial charge in [0.1, 0.15) is 5.82 Å². The molecule has 0 bridgehead atoms. The van der Waals surface area contributed by atoms with E-state index in [2.05, 4.69) is 10.3 Å². The summed E-state index contributed by atoms with van der Waals surface area (Å²) < 4.78 is 12.8. The molecule has 0 aliphatic carbocycles. The van der Waals surface area contributed by atoms with Crippen molar-refractivity contribution in [1.29, 1.82) is 0 Å². The van der Waals surface area contributed by atoms with Crippen molar-refractivity contribution >= 4 is 5.91 Å². The van der Waals surface area contributed by atoms with E-state index < -0.39 is 6.10 Å². The number of pyridine rings is 1. The minimum atomic E-state index is -0.592. The van der Waals surface area contributed by atoms with Crippen molar-refractivity contribution in [2.24, 2.45) is 0 Å². The van der Waals surface area contributed by atoms with Crippen LogP contribution in [0.1, 0.15) is 17.3 Å². The normalized spacial score (nSPS) is 11.9. The van der Waals surface area contributed by atoms with Crippen molar-refractivity contribution in [2.75, 3.05) is 6.54 Å². The first-order valence-corrected chi connectivity index (χ1v) is 6.24. The van der Waals surface area contributed by atoms with Crippen LogP contribution in [0.5, 0.6) is 0 Å². The zero-order valence-electron chi connectivity index (χ0n) is 11.0. The Kier molecular flexibility index (Phi) is 4.42. The number of carbonyl (C=O) groups is 1. The van der Waals surface area contributed by atoms with Crippen LogP contribution >= 0.6 is 0 Å². The van der Waals surface area contributed by atoms with Crippen molar-refractivity contribution in [3.8, 4) is 11.3 Å². The Hall–Kier alpha value is -2.27. The molecule has 0 aliphatic rings. The molecule has 2 aromatic rings. The molecular weight excluding hydrogens is 259 g/mol. The molecule has 1 heterocycles. The highest BCUT2D eigenvalue weighted by Crippen LogP contribution is 2.17. The molecule has 2 N–H and O–H groups in total. The number of nitrogens with one attached hydrogen (secondary N) is 1. The lowest BCUT2D eigenvalue weighted by Gasteiger charge is -2.07. The third kappa shape index (κ3) is 3.61. The maximum Gasteiger partial charge on any atom is 0.252 e. The van der Waals surface area contributed by atoms with Crippen LogP contribution < -0.4 is 5.32 Å². The van der Waals surface area contributed by atoms with Crippen LogP contribution in [0.25, 0.3) is 11.3 Å². The van der Waals surface area contributed by atoms with Gasteiger partial charge in [-0.25, -0.2) is 4.39 Å². The molecule has 5 heteroatoms. The SMILES string of the molecule is CC(O)CNC(=O)c1ccc(-c2ccc(F)cc2)nc1. The first-order chi connectivity index (χ1) is 9.56. The van der Waals surface area contributed by atoms with Crippen molar-refractivity contribution in [3.05, 3.63) is 54.0 Å². The molecule has 0 saturated heterocycles. The Balaban J connectivity index is 2.10. The fourth-order valence-electron chi connectivity index (χ4n) is 1.66. The van der Waals surface area contributed by atoms with E-state index in [0.717, 1.165) is 5.56 Å². The van der Waals surface area contributed by atoms with Gasteiger partial charge >= 0.3 is 0 Å². The monoisotopic (exact) mass is 274 g/mol. The summed E-state index contributed by atoms with van der Waals surface area (Å²) in [4.78, 5) is 15.9. The van der Waals surface area contributed by atoms with E-state index in [4.69, 9.17) is 5.11 Å². The highest BCUT2D eigenvalue weighted by molar-refractivity contribution is 5.94. The Morgan fingerprint density at radius 2 is 2.00 bits per heavy atom. The smallest absolute Gasteiger partial charge is 0.252 e. The Morgan fingerprint density at radius 3 is 2.55 bits per heavy atom. The Morgan fingerprint density at radius 1 is 1.30 bits per heavy atom. The van der Waals surface area contributed by atoms with E-state index in [1.54, 1.807) is 31.2 Å². The second kappa shape index (κ2) is 6.25. The highest BCUT2D eigenvalue weighted by atomic mass is 19.1. The number of aromatic nitrogens is 1. The van der Waals surface area contributed by atoms with Gasteiger partial charge < -0.3 is 10.4 Å². The average molecular weight is 274 g/mol. The van der Waals surface area contributed by atoms with Gasteiger partial charge in [0.15, 0.2) is 0 Å². The number of aliphatic hydroxyl groups is 1. The molecule has 0 radical (unpaired) electrons. The summed E-state index contributed by atoms with van der Waals surface area (Å²) in [5.74, 6) is -0.591. The minimum Gasteiger partial charge on any atom is -0.392 e. The topological polar surface area (TPSA) is 62.2 Å². The molecule has 1 atom stereocenters. The fraction of sp³-hybridized carbons (Fsp3) is 0.200. The predicted octanol–water partition coefficient (Wildman–Crippen LogP) is 2.00. The summed E-state index contributed by atoms with van der Waals surface area (Å²) in [6.45, 7) is 1.79.